The van der Waals surface area contributed by atoms with Crippen molar-refractivity contribution >= 4 is 29.3 Å². The van der Waals surface area contributed by atoms with E-state index in [0.717, 1.165) is 48.5 Å². The first kappa shape index (κ1) is 17.5. The van der Waals surface area contributed by atoms with Gasteiger partial charge in [0.25, 0.3) is 5.91 Å². The number of aliphatic carboxylic acids is 1. The molecular formula is C18H21N3O3S. The lowest BCUT2D eigenvalue weighted by molar-refractivity contribution is -0.136. The van der Waals surface area contributed by atoms with Crippen molar-refractivity contribution in [1.29, 1.82) is 0 Å². The number of thioether (sulfide) groups is 1. The van der Waals surface area contributed by atoms with Crippen LogP contribution >= 0.6 is 11.8 Å². The highest BCUT2D eigenvalue weighted by Gasteiger charge is 2.19. The number of aromatic nitrogens is 2. The van der Waals surface area contributed by atoms with E-state index in [2.05, 4.69) is 10.4 Å². The number of anilines is 1. The molecule has 0 fully saturated rings. The van der Waals surface area contributed by atoms with Crippen molar-refractivity contribution in [2.75, 3.05) is 11.1 Å². The number of carboxylic acids is 1. The Labute approximate surface area is 150 Å². The third kappa shape index (κ3) is 4.63. The predicted octanol–water partition coefficient (Wildman–Crippen LogP) is 3.18. The summed E-state index contributed by atoms with van der Waals surface area (Å²) in [6.07, 6.45) is 4.91. The van der Waals surface area contributed by atoms with Crippen LogP contribution in [0, 0.1) is 0 Å². The summed E-state index contributed by atoms with van der Waals surface area (Å²) in [7, 11) is 0. The minimum atomic E-state index is -0.780. The molecule has 2 heterocycles. The maximum atomic E-state index is 12.6. The quantitative estimate of drug-likeness (QED) is 0.742. The smallest absolute Gasteiger partial charge is 0.304 e. The lowest BCUT2D eigenvalue weighted by Crippen LogP contribution is -2.17. The van der Waals surface area contributed by atoms with E-state index in [1.54, 1.807) is 18.0 Å². The average molecular weight is 359 g/mol. The molecule has 3 rings (SSSR count). The summed E-state index contributed by atoms with van der Waals surface area (Å²) in [5, 5.41) is 15.9. The monoisotopic (exact) mass is 359 g/mol. The first-order valence-electron chi connectivity index (χ1n) is 8.38. The molecule has 25 heavy (non-hydrogen) atoms. The van der Waals surface area contributed by atoms with E-state index in [9.17, 15) is 9.59 Å². The van der Waals surface area contributed by atoms with Gasteiger partial charge in [0.15, 0.2) is 0 Å². The van der Waals surface area contributed by atoms with Crippen LogP contribution < -0.4 is 5.32 Å². The normalized spacial score (nSPS) is 13.3. The lowest BCUT2D eigenvalue weighted by atomic mass is 10.1. The summed E-state index contributed by atoms with van der Waals surface area (Å²) in [6.45, 7) is 0.881. The van der Waals surface area contributed by atoms with Crippen LogP contribution in [0.1, 0.15) is 40.9 Å². The molecule has 1 aliphatic rings. The molecule has 0 saturated heterocycles. The number of hydrogen-bond donors (Lipinski definition) is 2. The Bertz CT molecular complexity index is 773. The first-order valence-corrected chi connectivity index (χ1v) is 9.53. The molecule has 0 unspecified atom stereocenters. The summed E-state index contributed by atoms with van der Waals surface area (Å²) in [5.74, 6) is 0.395. The van der Waals surface area contributed by atoms with Gasteiger partial charge in [0.1, 0.15) is 0 Å². The predicted molar refractivity (Wildman–Crippen MR) is 98.0 cm³/mol. The van der Waals surface area contributed by atoms with Gasteiger partial charge in [-0.1, -0.05) is 12.1 Å². The van der Waals surface area contributed by atoms with Crippen molar-refractivity contribution in [2.24, 2.45) is 0 Å². The zero-order chi connectivity index (χ0) is 17.6. The minimum absolute atomic E-state index is 0.126. The standard InChI is InChI=1S/C18H21N3O3S/c22-17(23)7-9-25-12-13-4-3-5-14(10-13)20-18(24)15-11-19-21-8-2-1-6-16(15)21/h3-5,10-11H,1-2,6-9,12H2,(H,20,24)(H,22,23). The van der Waals surface area contributed by atoms with Crippen LogP contribution in [0.3, 0.4) is 0 Å². The molecule has 1 aliphatic heterocycles. The molecular weight excluding hydrogens is 338 g/mol. The molecule has 1 aromatic heterocycles. The number of carboxylic acid groups (broad SMARTS) is 1. The second kappa shape index (κ2) is 8.20. The Kier molecular flexibility index (Phi) is 5.75. The molecule has 6 nitrogen and oxygen atoms in total. The van der Waals surface area contributed by atoms with Gasteiger partial charge in [-0.3, -0.25) is 14.3 Å². The van der Waals surface area contributed by atoms with Crippen LogP contribution in [0.15, 0.2) is 30.5 Å². The maximum Gasteiger partial charge on any atom is 0.304 e. The van der Waals surface area contributed by atoms with Crippen molar-refractivity contribution in [2.45, 2.75) is 38.0 Å². The number of fused-ring (bicyclic) bond motifs is 1. The Hall–Kier alpha value is -2.28. The van der Waals surface area contributed by atoms with Gasteiger partial charge in [-0.15, -0.1) is 0 Å². The Morgan fingerprint density at radius 3 is 3.04 bits per heavy atom. The second-order valence-corrected chi connectivity index (χ2v) is 7.14. The highest BCUT2D eigenvalue weighted by molar-refractivity contribution is 7.98. The summed E-state index contributed by atoms with van der Waals surface area (Å²) >= 11 is 1.57. The van der Waals surface area contributed by atoms with Crippen molar-refractivity contribution in [3.8, 4) is 0 Å². The van der Waals surface area contributed by atoms with Crippen molar-refractivity contribution < 1.29 is 14.7 Å². The molecule has 0 saturated carbocycles. The van der Waals surface area contributed by atoms with E-state index in [4.69, 9.17) is 5.11 Å². The van der Waals surface area contributed by atoms with Gasteiger partial charge in [0.05, 0.1) is 23.9 Å². The van der Waals surface area contributed by atoms with Gasteiger partial charge in [0, 0.05) is 23.7 Å². The second-order valence-electron chi connectivity index (χ2n) is 6.04. The molecule has 7 heteroatoms. The van der Waals surface area contributed by atoms with E-state index in [1.165, 1.54) is 0 Å². The largest absolute Gasteiger partial charge is 0.481 e. The van der Waals surface area contributed by atoms with Gasteiger partial charge in [-0.05, 0) is 37.0 Å². The Balaban J connectivity index is 1.61. The number of nitrogens with zero attached hydrogens (tertiary/aromatic N) is 2. The minimum Gasteiger partial charge on any atom is -0.481 e. The third-order valence-corrected chi connectivity index (χ3v) is 5.17. The summed E-state index contributed by atoms with van der Waals surface area (Å²) in [6, 6.07) is 7.67. The van der Waals surface area contributed by atoms with Crippen LogP contribution in [0.25, 0.3) is 0 Å². The number of aryl methyl sites for hydroxylation is 1. The molecule has 1 amide bonds. The number of benzene rings is 1. The van der Waals surface area contributed by atoms with E-state index < -0.39 is 5.97 Å². The van der Waals surface area contributed by atoms with E-state index in [1.807, 2.05) is 28.9 Å². The summed E-state index contributed by atoms with van der Waals surface area (Å²) < 4.78 is 1.92. The summed E-state index contributed by atoms with van der Waals surface area (Å²) in [5.41, 5.74) is 3.48. The number of rotatable bonds is 7. The number of carbonyl (C=O) groups excluding carboxylic acids is 1. The fraction of sp³-hybridized carbons (Fsp3) is 0.389. The van der Waals surface area contributed by atoms with E-state index >= 15 is 0 Å². The van der Waals surface area contributed by atoms with Gasteiger partial charge in [0.2, 0.25) is 0 Å². The SMILES string of the molecule is O=C(O)CCSCc1cccc(NC(=O)c2cnn3c2CCCC3)c1. The molecule has 2 N–H and O–H groups in total. The number of hydrogen-bond acceptors (Lipinski definition) is 4. The molecule has 0 radical (unpaired) electrons. The summed E-state index contributed by atoms with van der Waals surface area (Å²) in [4.78, 5) is 23.1. The lowest BCUT2D eigenvalue weighted by Gasteiger charge is -2.14. The third-order valence-electron chi connectivity index (χ3n) is 4.14. The number of nitrogens with one attached hydrogen (secondary N) is 1. The van der Waals surface area contributed by atoms with Crippen molar-refractivity contribution in [3.63, 3.8) is 0 Å². The van der Waals surface area contributed by atoms with Crippen LogP contribution in [0.2, 0.25) is 0 Å². The molecule has 132 valence electrons. The fourth-order valence-electron chi connectivity index (χ4n) is 2.90. The zero-order valence-corrected chi connectivity index (χ0v) is 14.7. The number of amides is 1. The topological polar surface area (TPSA) is 84.2 Å². The maximum absolute atomic E-state index is 12.6. The molecule has 0 spiro atoms. The van der Waals surface area contributed by atoms with Gasteiger partial charge in [-0.2, -0.15) is 16.9 Å². The molecule has 1 aromatic carbocycles. The average Bonchev–Trinajstić information content (AvgIpc) is 3.03. The van der Waals surface area contributed by atoms with Gasteiger partial charge in [-0.25, -0.2) is 0 Å². The number of carbonyl (C=O) groups is 2. The zero-order valence-electron chi connectivity index (χ0n) is 13.9. The molecule has 0 bridgehead atoms. The fourth-order valence-corrected chi connectivity index (χ4v) is 3.78. The highest BCUT2D eigenvalue weighted by Crippen LogP contribution is 2.21. The van der Waals surface area contributed by atoms with Crippen LogP contribution in [0.5, 0.6) is 0 Å². The van der Waals surface area contributed by atoms with E-state index in [-0.39, 0.29) is 12.3 Å². The Morgan fingerprint density at radius 2 is 2.20 bits per heavy atom. The molecule has 0 aliphatic carbocycles. The molecule has 0 atom stereocenters. The Morgan fingerprint density at radius 1 is 1.32 bits per heavy atom. The van der Waals surface area contributed by atoms with Crippen LogP contribution in [0.4, 0.5) is 5.69 Å². The van der Waals surface area contributed by atoms with Crippen LogP contribution in [-0.4, -0.2) is 32.5 Å². The first-order chi connectivity index (χ1) is 12.1. The highest BCUT2D eigenvalue weighted by atomic mass is 32.2. The van der Waals surface area contributed by atoms with Crippen molar-refractivity contribution in [1.82, 2.24) is 9.78 Å². The van der Waals surface area contributed by atoms with Crippen LogP contribution in [-0.2, 0) is 23.5 Å². The van der Waals surface area contributed by atoms with E-state index in [0.29, 0.717) is 11.3 Å². The van der Waals surface area contributed by atoms with Gasteiger partial charge >= 0.3 is 5.97 Å². The van der Waals surface area contributed by atoms with Gasteiger partial charge < -0.3 is 10.4 Å². The molecule has 2 aromatic rings. The van der Waals surface area contributed by atoms with Crippen molar-refractivity contribution in [3.05, 3.63) is 47.3 Å².